The van der Waals surface area contributed by atoms with Gasteiger partial charge in [-0.2, -0.15) is 0 Å². The first-order chi connectivity index (χ1) is 12.2. The molecule has 1 aliphatic heterocycles. The van der Waals surface area contributed by atoms with Crippen molar-refractivity contribution in [1.82, 2.24) is 10.0 Å². The molecule has 3 rings (SSSR count). The maximum atomic E-state index is 12.2. The average molecular weight is 394 g/mol. The number of rotatable bonds is 5. The first kappa shape index (κ1) is 18.2. The summed E-state index contributed by atoms with van der Waals surface area (Å²) >= 11 is 1.08. The molecular formula is C16H14N2O6S2. The minimum atomic E-state index is -3.24. The van der Waals surface area contributed by atoms with E-state index in [1.807, 2.05) is 0 Å². The molecule has 26 heavy (non-hydrogen) atoms. The Balaban J connectivity index is 1.71. The van der Waals surface area contributed by atoms with E-state index in [4.69, 9.17) is 4.84 Å². The minimum absolute atomic E-state index is 0.176. The Kier molecular flexibility index (Phi) is 4.63. The van der Waals surface area contributed by atoms with Gasteiger partial charge in [-0.3, -0.25) is 9.59 Å². The van der Waals surface area contributed by atoms with Crippen molar-refractivity contribution < 1.29 is 27.6 Å². The molecule has 0 bridgehead atoms. The van der Waals surface area contributed by atoms with Crippen molar-refractivity contribution in [1.29, 1.82) is 0 Å². The monoisotopic (exact) mass is 394 g/mol. The molecule has 0 saturated carbocycles. The van der Waals surface area contributed by atoms with Gasteiger partial charge in [-0.25, -0.2) is 18.2 Å². The van der Waals surface area contributed by atoms with Crippen LogP contribution in [0.15, 0.2) is 24.3 Å². The summed E-state index contributed by atoms with van der Waals surface area (Å²) in [6, 6.07) is 6.18. The Morgan fingerprint density at radius 2 is 1.77 bits per heavy atom. The predicted molar refractivity (Wildman–Crippen MR) is 92.1 cm³/mol. The van der Waals surface area contributed by atoms with Crippen molar-refractivity contribution in [3.8, 4) is 0 Å². The van der Waals surface area contributed by atoms with Crippen molar-refractivity contribution in [2.45, 2.75) is 19.1 Å². The summed E-state index contributed by atoms with van der Waals surface area (Å²) in [5.74, 6) is -2.42. The number of benzene rings is 1. The summed E-state index contributed by atoms with van der Waals surface area (Å²) in [7, 11) is -3.24. The lowest BCUT2D eigenvalue weighted by Gasteiger charge is -2.12. The molecule has 2 aromatic rings. The maximum Gasteiger partial charge on any atom is 0.338 e. The molecule has 0 aliphatic carbocycles. The Morgan fingerprint density at radius 3 is 2.31 bits per heavy atom. The molecular weight excluding hydrogens is 380 g/mol. The number of hydroxylamine groups is 2. The molecule has 0 radical (unpaired) electrons. The molecule has 1 aromatic carbocycles. The van der Waals surface area contributed by atoms with Crippen LogP contribution < -0.4 is 0 Å². The van der Waals surface area contributed by atoms with Crippen LogP contribution in [0, 0.1) is 6.92 Å². The SMILES string of the molecule is Cc1nc(CS(C)(=O)=O)sc1CC(=O)ON1C(=O)c2ccccc2C1=O. The van der Waals surface area contributed by atoms with E-state index in [0.29, 0.717) is 20.6 Å². The van der Waals surface area contributed by atoms with Crippen LogP contribution in [0.25, 0.3) is 0 Å². The fourth-order valence-corrected chi connectivity index (χ4v) is 4.69. The molecule has 2 heterocycles. The molecule has 2 amide bonds. The van der Waals surface area contributed by atoms with E-state index in [2.05, 4.69) is 4.98 Å². The van der Waals surface area contributed by atoms with Crippen LogP contribution >= 0.6 is 11.3 Å². The lowest BCUT2D eigenvalue weighted by Crippen LogP contribution is -2.33. The topological polar surface area (TPSA) is 111 Å². The Labute approximate surface area is 153 Å². The standard InChI is InChI=1S/C16H14N2O6S2/c1-9-12(25-13(17-9)8-26(2,22)23)7-14(19)24-18-15(20)10-5-3-4-6-11(10)16(18)21/h3-6H,7-8H2,1-2H3. The van der Waals surface area contributed by atoms with Gasteiger partial charge in [0.05, 0.1) is 23.2 Å². The number of aromatic nitrogens is 1. The van der Waals surface area contributed by atoms with E-state index >= 15 is 0 Å². The number of thiazole rings is 1. The summed E-state index contributed by atoms with van der Waals surface area (Å²) in [6.07, 6.45) is 0.876. The van der Waals surface area contributed by atoms with Crippen molar-refractivity contribution in [2.75, 3.05) is 6.26 Å². The zero-order valence-corrected chi connectivity index (χ0v) is 15.5. The molecule has 8 nitrogen and oxygen atoms in total. The lowest BCUT2D eigenvalue weighted by molar-refractivity contribution is -0.167. The van der Waals surface area contributed by atoms with Gasteiger partial charge < -0.3 is 4.84 Å². The Morgan fingerprint density at radius 1 is 1.19 bits per heavy atom. The summed E-state index contributed by atoms with van der Waals surface area (Å²) in [5, 5.41) is 0.814. The van der Waals surface area contributed by atoms with Gasteiger partial charge in [0.1, 0.15) is 10.8 Å². The highest BCUT2D eigenvalue weighted by atomic mass is 32.2. The third-order valence-electron chi connectivity index (χ3n) is 3.58. The van der Waals surface area contributed by atoms with Gasteiger partial charge in [-0.1, -0.05) is 17.2 Å². The van der Waals surface area contributed by atoms with Crippen LogP contribution in [-0.4, -0.2) is 42.5 Å². The summed E-state index contributed by atoms with van der Waals surface area (Å²) in [4.78, 5) is 46.1. The molecule has 0 unspecified atom stereocenters. The molecule has 0 atom stereocenters. The highest BCUT2D eigenvalue weighted by Crippen LogP contribution is 2.24. The lowest BCUT2D eigenvalue weighted by atomic mass is 10.1. The Bertz CT molecular complexity index is 990. The van der Waals surface area contributed by atoms with Crippen LogP contribution in [0.3, 0.4) is 0 Å². The van der Waals surface area contributed by atoms with Crippen LogP contribution in [-0.2, 0) is 31.6 Å². The average Bonchev–Trinajstić information content (AvgIpc) is 2.99. The summed E-state index contributed by atoms with van der Waals surface area (Å²) in [6.45, 7) is 1.65. The molecule has 0 saturated heterocycles. The van der Waals surface area contributed by atoms with Gasteiger partial charge in [0.15, 0.2) is 9.84 Å². The molecule has 0 spiro atoms. The highest BCUT2D eigenvalue weighted by molar-refractivity contribution is 7.90. The number of aryl methyl sites for hydroxylation is 1. The number of sulfone groups is 1. The van der Waals surface area contributed by atoms with Gasteiger partial charge in [-0.05, 0) is 19.1 Å². The van der Waals surface area contributed by atoms with E-state index in [1.165, 1.54) is 12.1 Å². The zero-order chi connectivity index (χ0) is 19.1. The highest BCUT2D eigenvalue weighted by Gasteiger charge is 2.38. The van der Waals surface area contributed by atoms with Crippen LogP contribution in [0.5, 0.6) is 0 Å². The van der Waals surface area contributed by atoms with E-state index in [9.17, 15) is 22.8 Å². The molecule has 1 aromatic heterocycles. The summed E-state index contributed by atoms with van der Waals surface area (Å²) < 4.78 is 22.7. The molecule has 0 N–H and O–H groups in total. The number of fused-ring (bicyclic) bond motifs is 1. The first-order valence-electron chi connectivity index (χ1n) is 7.47. The normalized spacial score (nSPS) is 13.8. The molecule has 10 heteroatoms. The van der Waals surface area contributed by atoms with Gasteiger partial charge in [0.2, 0.25) is 0 Å². The molecule has 0 fully saturated rings. The van der Waals surface area contributed by atoms with Gasteiger partial charge in [-0.15, -0.1) is 11.3 Å². The third-order valence-corrected chi connectivity index (χ3v) is 5.72. The zero-order valence-electron chi connectivity index (χ0n) is 13.9. The number of hydrogen-bond donors (Lipinski definition) is 0. The van der Waals surface area contributed by atoms with Gasteiger partial charge >= 0.3 is 5.97 Å². The smallest absolute Gasteiger partial charge is 0.329 e. The predicted octanol–water partition coefficient (Wildman–Crippen LogP) is 1.29. The fraction of sp³-hybridized carbons (Fsp3) is 0.250. The molecule has 136 valence electrons. The van der Waals surface area contributed by atoms with Crippen molar-refractivity contribution in [2.24, 2.45) is 0 Å². The third kappa shape index (κ3) is 3.65. The second-order valence-corrected chi connectivity index (χ2v) is 9.08. The van der Waals surface area contributed by atoms with E-state index < -0.39 is 27.6 Å². The quantitative estimate of drug-likeness (QED) is 0.703. The first-order valence-corrected chi connectivity index (χ1v) is 10.3. The van der Waals surface area contributed by atoms with Gasteiger partial charge in [0.25, 0.3) is 11.8 Å². The van der Waals surface area contributed by atoms with Crippen molar-refractivity contribution >= 4 is 39.0 Å². The second-order valence-electron chi connectivity index (χ2n) is 5.78. The number of hydrogen-bond acceptors (Lipinski definition) is 8. The number of imide groups is 1. The van der Waals surface area contributed by atoms with Crippen LogP contribution in [0.4, 0.5) is 0 Å². The fourth-order valence-electron chi connectivity index (χ4n) is 2.45. The molecule has 1 aliphatic rings. The van der Waals surface area contributed by atoms with Crippen molar-refractivity contribution in [3.63, 3.8) is 0 Å². The minimum Gasteiger partial charge on any atom is -0.329 e. The second kappa shape index (κ2) is 6.61. The number of carbonyl (C=O) groups excluding carboxylic acids is 3. The van der Waals surface area contributed by atoms with E-state index in [1.54, 1.807) is 19.1 Å². The largest absolute Gasteiger partial charge is 0.338 e. The maximum absolute atomic E-state index is 12.2. The summed E-state index contributed by atoms with van der Waals surface area (Å²) in [5.41, 5.74) is 0.859. The van der Waals surface area contributed by atoms with E-state index in [-0.39, 0.29) is 23.3 Å². The number of nitrogens with zero attached hydrogens (tertiary/aromatic N) is 2. The number of amides is 2. The van der Waals surface area contributed by atoms with Crippen LogP contribution in [0.2, 0.25) is 0 Å². The van der Waals surface area contributed by atoms with Crippen LogP contribution in [0.1, 0.15) is 36.3 Å². The van der Waals surface area contributed by atoms with Crippen molar-refractivity contribution in [3.05, 3.63) is 51.0 Å². The van der Waals surface area contributed by atoms with E-state index in [0.717, 1.165) is 17.6 Å². The number of carbonyl (C=O) groups is 3. The van der Waals surface area contributed by atoms with Gasteiger partial charge in [0, 0.05) is 11.1 Å². The Hall–Kier alpha value is -2.59.